The van der Waals surface area contributed by atoms with Crippen molar-refractivity contribution in [3.8, 4) is 0 Å². The molecule has 0 amide bonds. The molecule has 0 aliphatic carbocycles. The molecule has 2 aromatic rings. The zero-order valence-electron chi connectivity index (χ0n) is 8.44. The van der Waals surface area contributed by atoms with Gasteiger partial charge in [0.1, 0.15) is 10.2 Å². The first-order valence-electron chi connectivity index (χ1n) is 4.69. The predicted octanol–water partition coefficient (Wildman–Crippen LogP) is 5.68. The summed E-state index contributed by atoms with van der Waals surface area (Å²) in [6.45, 7) is 0.550. The molecule has 0 saturated carbocycles. The van der Waals surface area contributed by atoms with Crippen LogP contribution in [0.25, 0.3) is 0 Å². The molecule has 0 fully saturated rings. The van der Waals surface area contributed by atoms with Crippen LogP contribution in [0.3, 0.4) is 0 Å². The standard InChI is InChI=1S/C11H7Br2ClFNS/c12-6-1-2-10(9(15)3-6)16-5-7-4-8(13)11(14)17-7/h1-4,16H,5H2. The Bertz CT molecular complexity index is 525. The molecule has 1 N–H and O–H groups in total. The van der Waals surface area contributed by atoms with Crippen LogP contribution < -0.4 is 5.32 Å². The highest BCUT2D eigenvalue weighted by molar-refractivity contribution is 9.10. The molecular formula is C11H7Br2ClFNS. The summed E-state index contributed by atoms with van der Waals surface area (Å²) in [4.78, 5) is 1.05. The number of hydrogen-bond donors (Lipinski definition) is 1. The average Bonchev–Trinajstić information content (AvgIpc) is 2.57. The summed E-state index contributed by atoms with van der Waals surface area (Å²) in [5.41, 5.74) is 0.480. The van der Waals surface area contributed by atoms with Crippen LogP contribution in [-0.4, -0.2) is 0 Å². The van der Waals surface area contributed by atoms with Crippen LogP contribution in [0, 0.1) is 5.82 Å². The topological polar surface area (TPSA) is 12.0 Å². The molecule has 0 unspecified atom stereocenters. The van der Waals surface area contributed by atoms with Gasteiger partial charge in [0.25, 0.3) is 0 Å². The van der Waals surface area contributed by atoms with E-state index in [1.165, 1.54) is 17.4 Å². The summed E-state index contributed by atoms with van der Waals surface area (Å²) in [5.74, 6) is -0.277. The van der Waals surface area contributed by atoms with Crippen molar-refractivity contribution in [2.24, 2.45) is 0 Å². The van der Waals surface area contributed by atoms with Gasteiger partial charge in [0.2, 0.25) is 0 Å². The quantitative estimate of drug-likeness (QED) is 0.700. The second-order valence-corrected chi connectivity index (χ2v) is 6.82. The maximum Gasteiger partial charge on any atom is 0.147 e. The monoisotopic (exact) mass is 397 g/mol. The van der Waals surface area contributed by atoms with Gasteiger partial charge in [0.05, 0.1) is 5.69 Å². The zero-order valence-corrected chi connectivity index (χ0v) is 13.2. The normalized spacial score (nSPS) is 10.6. The Labute approximate surface area is 124 Å². The summed E-state index contributed by atoms with van der Waals surface area (Å²) in [6.07, 6.45) is 0. The van der Waals surface area contributed by atoms with Crippen molar-refractivity contribution in [2.45, 2.75) is 6.54 Å². The lowest BCUT2D eigenvalue weighted by Crippen LogP contribution is -1.99. The first-order chi connectivity index (χ1) is 8.06. The third kappa shape index (κ3) is 3.44. The van der Waals surface area contributed by atoms with E-state index >= 15 is 0 Å². The molecule has 6 heteroatoms. The first kappa shape index (κ1) is 13.3. The second kappa shape index (κ2) is 5.69. The van der Waals surface area contributed by atoms with E-state index in [0.717, 1.165) is 13.8 Å². The van der Waals surface area contributed by atoms with Crippen LogP contribution in [0.5, 0.6) is 0 Å². The Morgan fingerprint density at radius 1 is 1.29 bits per heavy atom. The summed E-state index contributed by atoms with van der Waals surface area (Å²) < 4.78 is 15.8. The Morgan fingerprint density at radius 3 is 2.65 bits per heavy atom. The largest absolute Gasteiger partial charge is 0.378 e. The van der Waals surface area contributed by atoms with E-state index < -0.39 is 0 Å². The number of benzene rings is 1. The average molecular weight is 400 g/mol. The summed E-state index contributed by atoms with van der Waals surface area (Å²) in [5, 5.41) is 3.03. The van der Waals surface area contributed by atoms with E-state index in [2.05, 4.69) is 37.2 Å². The molecular weight excluding hydrogens is 392 g/mol. The van der Waals surface area contributed by atoms with Gasteiger partial charge in [0.15, 0.2) is 0 Å². The Hall–Kier alpha value is -0.100. The fourth-order valence-corrected chi connectivity index (χ4v) is 3.36. The van der Waals surface area contributed by atoms with Gasteiger partial charge in [-0.3, -0.25) is 0 Å². The predicted molar refractivity (Wildman–Crippen MR) is 78.5 cm³/mol. The SMILES string of the molecule is Fc1cc(Br)ccc1NCc1cc(Br)c(Cl)s1. The van der Waals surface area contributed by atoms with E-state index in [1.54, 1.807) is 12.1 Å². The molecule has 17 heavy (non-hydrogen) atoms. The molecule has 0 aliphatic rings. The van der Waals surface area contributed by atoms with Gasteiger partial charge in [-0.2, -0.15) is 0 Å². The van der Waals surface area contributed by atoms with E-state index in [1.807, 2.05) is 6.07 Å². The van der Waals surface area contributed by atoms with Crippen LogP contribution in [0.1, 0.15) is 4.88 Å². The molecule has 0 saturated heterocycles. The lowest BCUT2D eigenvalue weighted by molar-refractivity contribution is 0.629. The van der Waals surface area contributed by atoms with Crippen molar-refractivity contribution >= 4 is 60.5 Å². The number of hydrogen-bond acceptors (Lipinski definition) is 2. The maximum absolute atomic E-state index is 13.5. The number of thiophene rings is 1. The van der Waals surface area contributed by atoms with Crippen LogP contribution >= 0.6 is 54.8 Å². The van der Waals surface area contributed by atoms with Gasteiger partial charge in [-0.05, 0) is 40.2 Å². The van der Waals surface area contributed by atoms with Crippen molar-refractivity contribution in [2.75, 3.05) is 5.32 Å². The molecule has 0 radical (unpaired) electrons. The molecule has 1 aromatic heterocycles. The minimum Gasteiger partial charge on any atom is -0.378 e. The van der Waals surface area contributed by atoms with E-state index in [4.69, 9.17) is 11.6 Å². The third-order valence-electron chi connectivity index (χ3n) is 2.08. The molecule has 1 heterocycles. The Morgan fingerprint density at radius 2 is 2.06 bits per heavy atom. The van der Waals surface area contributed by atoms with Gasteiger partial charge >= 0.3 is 0 Å². The van der Waals surface area contributed by atoms with Crippen molar-refractivity contribution < 1.29 is 4.39 Å². The number of rotatable bonds is 3. The molecule has 0 atom stereocenters. The number of nitrogens with one attached hydrogen (secondary N) is 1. The smallest absolute Gasteiger partial charge is 0.147 e. The molecule has 0 bridgehead atoms. The first-order valence-corrected chi connectivity index (χ1v) is 7.47. The number of anilines is 1. The maximum atomic E-state index is 13.5. The van der Waals surface area contributed by atoms with Gasteiger partial charge < -0.3 is 5.32 Å². The Balaban J connectivity index is 2.07. The summed E-state index contributed by atoms with van der Waals surface area (Å²) in [7, 11) is 0. The number of halogens is 4. The molecule has 0 aliphatic heterocycles. The van der Waals surface area contributed by atoms with Crippen molar-refractivity contribution in [1.82, 2.24) is 0 Å². The minimum absolute atomic E-state index is 0.277. The highest BCUT2D eigenvalue weighted by atomic mass is 79.9. The summed E-state index contributed by atoms with van der Waals surface area (Å²) in [6, 6.07) is 6.85. The van der Waals surface area contributed by atoms with Crippen LogP contribution in [-0.2, 0) is 6.54 Å². The highest BCUT2D eigenvalue weighted by Crippen LogP contribution is 2.32. The summed E-state index contributed by atoms with van der Waals surface area (Å²) >= 11 is 13.9. The van der Waals surface area contributed by atoms with E-state index in [0.29, 0.717) is 16.6 Å². The van der Waals surface area contributed by atoms with Gasteiger partial charge in [0, 0.05) is 20.4 Å². The van der Waals surface area contributed by atoms with Gasteiger partial charge in [-0.1, -0.05) is 27.5 Å². The van der Waals surface area contributed by atoms with Gasteiger partial charge in [-0.25, -0.2) is 4.39 Å². The second-order valence-electron chi connectivity index (χ2n) is 3.31. The third-order valence-corrected chi connectivity index (χ3v) is 5.05. The van der Waals surface area contributed by atoms with Gasteiger partial charge in [-0.15, -0.1) is 11.3 Å². The molecule has 1 nitrogen and oxygen atoms in total. The van der Waals surface area contributed by atoms with Crippen LogP contribution in [0.4, 0.5) is 10.1 Å². The van der Waals surface area contributed by atoms with E-state index in [9.17, 15) is 4.39 Å². The lowest BCUT2D eigenvalue weighted by atomic mass is 10.3. The lowest BCUT2D eigenvalue weighted by Gasteiger charge is -2.06. The fourth-order valence-electron chi connectivity index (χ4n) is 1.29. The fraction of sp³-hybridized carbons (Fsp3) is 0.0909. The van der Waals surface area contributed by atoms with Crippen molar-refractivity contribution in [1.29, 1.82) is 0 Å². The van der Waals surface area contributed by atoms with Crippen LogP contribution in [0.2, 0.25) is 4.34 Å². The minimum atomic E-state index is -0.277. The molecule has 1 aromatic carbocycles. The molecule has 2 rings (SSSR count). The van der Waals surface area contributed by atoms with E-state index in [-0.39, 0.29) is 5.82 Å². The molecule has 0 spiro atoms. The Kier molecular flexibility index (Phi) is 4.47. The van der Waals surface area contributed by atoms with Crippen molar-refractivity contribution in [3.05, 3.63) is 48.2 Å². The molecule has 90 valence electrons. The van der Waals surface area contributed by atoms with Crippen molar-refractivity contribution in [3.63, 3.8) is 0 Å². The van der Waals surface area contributed by atoms with Crippen LogP contribution in [0.15, 0.2) is 33.2 Å². The highest BCUT2D eigenvalue weighted by Gasteiger charge is 2.06. The zero-order chi connectivity index (χ0) is 12.4.